The third-order valence-electron chi connectivity index (χ3n) is 4.44. The van der Waals surface area contributed by atoms with Crippen molar-refractivity contribution in [3.05, 3.63) is 12.2 Å². The van der Waals surface area contributed by atoms with E-state index in [0.29, 0.717) is 12.0 Å². The number of guanidine groups is 1. The van der Waals surface area contributed by atoms with Crippen molar-refractivity contribution in [1.82, 2.24) is 25.0 Å². The van der Waals surface area contributed by atoms with Crippen LogP contribution >= 0.6 is 24.0 Å². The normalized spacial score (nSPS) is 21.9. The van der Waals surface area contributed by atoms with E-state index in [1.54, 1.807) is 11.0 Å². The Kier molecular flexibility index (Phi) is 8.28. The van der Waals surface area contributed by atoms with Gasteiger partial charge in [0.1, 0.15) is 18.7 Å². The van der Waals surface area contributed by atoms with Gasteiger partial charge in [0, 0.05) is 26.7 Å². The molecular formula is C16H31IN6. The number of nitrogens with one attached hydrogen (secondary N) is 1. The van der Waals surface area contributed by atoms with Gasteiger partial charge in [0.05, 0.1) is 0 Å². The number of aliphatic imine (C=N–C) groups is 1. The highest BCUT2D eigenvalue weighted by atomic mass is 127. The maximum Gasteiger partial charge on any atom is 0.194 e. The highest BCUT2D eigenvalue weighted by molar-refractivity contribution is 14.0. The molecule has 23 heavy (non-hydrogen) atoms. The van der Waals surface area contributed by atoms with E-state index in [1.165, 1.54) is 25.7 Å². The third kappa shape index (κ3) is 5.61. The van der Waals surface area contributed by atoms with Crippen molar-refractivity contribution in [3.63, 3.8) is 0 Å². The number of hydrogen-bond acceptors (Lipinski definition) is 3. The van der Waals surface area contributed by atoms with E-state index in [9.17, 15) is 0 Å². The average molecular weight is 434 g/mol. The lowest BCUT2D eigenvalue weighted by Crippen LogP contribution is -2.49. The Labute approximate surface area is 157 Å². The van der Waals surface area contributed by atoms with Crippen LogP contribution in [0.25, 0.3) is 0 Å². The van der Waals surface area contributed by atoms with Gasteiger partial charge in [-0.2, -0.15) is 5.10 Å². The minimum Gasteiger partial charge on any atom is -0.357 e. The lowest BCUT2D eigenvalue weighted by Gasteiger charge is -2.42. The van der Waals surface area contributed by atoms with Crippen LogP contribution < -0.4 is 5.32 Å². The number of likely N-dealkylation sites (tertiary alicyclic amines) is 1. The maximum absolute atomic E-state index is 4.77. The Balaban J connectivity index is 0.00000264. The lowest BCUT2D eigenvalue weighted by molar-refractivity contribution is 0.142. The molecule has 7 heteroatoms. The highest BCUT2D eigenvalue weighted by Crippen LogP contribution is 2.33. The van der Waals surface area contributed by atoms with Crippen LogP contribution in [0.4, 0.5) is 0 Å². The standard InChI is InChI=1S/C16H30N6.HI/c1-5-8-16(3)9-7-10-22(12-16)15(17-6-2)18-11-14-19-13-20-21(14)4;/h13H,5-12H2,1-4H3,(H,17,18);1H. The summed E-state index contributed by atoms with van der Waals surface area (Å²) in [6.07, 6.45) is 6.67. The summed E-state index contributed by atoms with van der Waals surface area (Å²) >= 11 is 0. The van der Waals surface area contributed by atoms with Crippen LogP contribution in [-0.2, 0) is 13.6 Å². The quantitative estimate of drug-likeness (QED) is 0.440. The predicted octanol–water partition coefficient (Wildman–Crippen LogP) is 2.80. The maximum atomic E-state index is 4.77. The van der Waals surface area contributed by atoms with Crippen LogP contribution in [0.1, 0.15) is 52.3 Å². The minimum atomic E-state index is 0. The van der Waals surface area contributed by atoms with Crippen molar-refractivity contribution in [3.8, 4) is 0 Å². The molecule has 1 aromatic rings. The SMILES string of the molecule is CCCC1(C)CCCN(C(=NCc2ncnn2C)NCC)C1.I. The number of rotatable bonds is 5. The molecule has 0 spiro atoms. The summed E-state index contributed by atoms with van der Waals surface area (Å²) in [5.74, 6) is 1.90. The molecule has 1 saturated heterocycles. The van der Waals surface area contributed by atoms with Crippen LogP contribution in [0.5, 0.6) is 0 Å². The van der Waals surface area contributed by atoms with Gasteiger partial charge in [-0.15, -0.1) is 24.0 Å². The number of nitrogens with zero attached hydrogens (tertiary/aromatic N) is 5. The molecule has 0 saturated carbocycles. The number of piperidine rings is 1. The van der Waals surface area contributed by atoms with Gasteiger partial charge >= 0.3 is 0 Å². The van der Waals surface area contributed by atoms with Crippen molar-refractivity contribution in [2.24, 2.45) is 17.5 Å². The molecule has 1 atom stereocenters. The van der Waals surface area contributed by atoms with Crippen molar-refractivity contribution in [1.29, 1.82) is 0 Å². The first-order valence-electron chi connectivity index (χ1n) is 8.44. The third-order valence-corrected chi connectivity index (χ3v) is 4.44. The summed E-state index contributed by atoms with van der Waals surface area (Å²) in [7, 11) is 1.91. The van der Waals surface area contributed by atoms with Gasteiger partial charge in [-0.1, -0.05) is 20.3 Å². The monoisotopic (exact) mass is 434 g/mol. The lowest BCUT2D eigenvalue weighted by atomic mass is 9.78. The summed E-state index contributed by atoms with van der Waals surface area (Å²) < 4.78 is 1.78. The molecule has 1 aliphatic rings. The van der Waals surface area contributed by atoms with E-state index >= 15 is 0 Å². The molecule has 1 N–H and O–H groups in total. The molecule has 1 unspecified atom stereocenters. The Bertz CT molecular complexity index is 497. The molecular weight excluding hydrogens is 403 g/mol. The highest BCUT2D eigenvalue weighted by Gasteiger charge is 2.31. The first kappa shape index (κ1) is 20.2. The Morgan fingerprint density at radius 3 is 2.83 bits per heavy atom. The van der Waals surface area contributed by atoms with Gasteiger partial charge in [0.25, 0.3) is 0 Å². The summed E-state index contributed by atoms with van der Waals surface area (Å²) in [5.41, 5.74) is 0.411. The summed E-state index contributed by atoms with van der Waals surface area (Å²) in [4.78, 5) is 11.4. The van der Waals surface area contributed by atoms with Gasteiger partial charge in [-0.3, -0.25) is 4.68 Å². The zero-order valence-corrected chi connectivity index (χ0v) is 17.2. The van der Waals surface area contributed by atoms with Crippen molar-refractivity contribution in [2.45, 2.75) is 53.0 Å². The van der Waals surface area contributed by atoms with Gasteiger partial charge in [0.2, 0.25) is 0 Å². The van der Waals surface area contributed by atoms with E-state index in [1.807, 2.05) is 7.05 Å². The molecule has 2 rings (SSSR count). The first-order valence-corrected chi connectivity index (χ1v) is 8.44. The molecule has 0 aromatic carbocycles. The molecule has 2 heterocycles. The second-order valence-electron chi connectivity index (χ2n) is 6.56. The molecule has 6 nitrogen and oxygen atoms in total. The fraction of sp³-hybridized carbons (Fsp3) is 0.812. The van der Waals surface area contributed by atoms with Crippen molar-refractivity contribution >= 4 is 29.9 Å². The Morgan fingerprint density at radius 2 is 2.22 bits per heavy atom. The summed E-state index contributed by atoms with van der Waals surface area (Å²) in [6, 6.07) is 0. The van der Waals surface area contributed by atoms with E-state index in [2.05, 4.69) is 41.1 Å². The summed E-state index contributed by atoms with van der Waals surface area (Å²) in [5, 5.41) is 7.54. The van der Waals surface area contributed by atoms with Crippen LogP contribution in [0.2, 0.25) is 0 Å². The summed E-state index contributed by atoms with van der Waals surface area (Å²) in [6.45, 7) is 10.4. The minimum absolute atomic E-state index is 0. The van der Waals surface area contributed by atoms with E-state index in [4.69, 9.17) is 4.99 Å². The number of halogens is 1. The Morgan fingerprint density at radius 1 is 1.43 bits per heavy atom. The largest absolute Gasteiger partial charge is 0.357 e. The average Bonchev–Trinajstić information content (AvgIpc) is 2.89. The van der Waals surface area contributed by atoms with Crippen LogP contribution in [0.15, 0.2) is 11.3 Å². The van der Waals surface area contributed by atoms with E-state index in [-0.39, 0.29) is 24.0 Å². The zero-order valence-electron chi connectivity index (χ0n) is 14.9. The molecule has 0 amide bonds. The second-order valence-corrected chi connectivity index (χ2v) is 6.56. The molecule has 132 valence electrons. The molecule has 1 aromatic heterocycles. The molecule has 1 fully saturated rings. The smallest absolute Gasteiger partial charge is 0.194 e. The number of aromatic nitrogens is 3. The van der Waals surface area contributed by atoms with Crippen LogP contribution in [0.3, 0.4) is 0 Å². The molecule has 0 aliphatic carbocycles. The van der Waals surface area contributed by atoms with E-state index in [0.717, 1.165) is 31.4 Å². The number of hydrogen-bond donors (Lipinski definition) is 1. The van der Waals surface area contributed by atoms with Crippen molar-refractivity contribution < 1.29 is 0 Å². The van der Waals surface area contributed by atoms with E-state index < -0.39 is 0 Å². The van der Waals surface area contributed by atoms with Gasteiger partial charge < -0.3 is 10.2 Å². The predicted molar refractivity (Wildman–Crippen MR) is 105 cm³/mol. The van der Waals surface area contributed by atoms with Gasteiger partial charge in [-0.25, -0.2) is 9.98 Å². The fourth-order valence-electron chi connectivity index (χ4n) is 3.34. The number of aryl methyl sites for hydroxylation is 1. The fourth-order valence-corrected chi connectivity index (χ4v) is 3.34. The molecule has 0 bridgehead atoms. The molecule has 0 radical (unpaired) electrons. The zero-order chi connectivity index (χ0) is 16.0. The van der Waals surface area contributed by atoms with Gasteiger partial charge in [-0.05, 0) is 31.6 Å². The first-order chi connectivity index (χ1) is 10.6. The van der Waals surface area contributed by atoms with Gasteiger partial charge in [0.15, 0.2) is 5.96 Å². The second kappa shape index (κ2) is 9.44. The topological polar surface area (TPSA) is 58.3 Å². The Hall–Kier alpha value is -0.860. The van der Waals surface area contributed by atoms with Crippen molar-refractivity contribution in [2.75, 3.05) is 19.6 Å². The van der Waals surface area contributed by atoms with Crippen LogP contribution in [0, 0.1) is 5.41 Å². The van der Waals surface area contributed by atoms with Crippen LogP contribution in [-0.4, -0.2) is 45.3 Å². The molecule has 1 aliphatic heterocycles.